The fourth-order valence-electron chi connectivity index (χ4n) is 1.09. The van der Waals surface area contributed by atoms with Crippen LogP contribution in [0.5, 0.6) is 0 Å². The van der Waals surface area contributed by atoms with Crippen LogP contribution in [-0.4, -0.2) is 15.0 Å². The van der Waals surface area contributed by atoms with Gasteiger partial charge in [0.25, 0.3) is 0 Å². The van der Waals surface area contributed by atoms with Crippen LogP contribution in [0.1, 0.15) is 11.3 Å². The van der Waals surface area contributed by atoms with Crippen LogP contribution in [0.2, 0.25) is 0 Å². The van der Waals surface area contributed by atoms with Gasteiger partial charge in [0.2, 0.25) is 0 Å². The number of hydrogen-bond acceptors (Lipinski definition) is 4. The minimum absolute atomic E-state index is 0.787. The Morgan fingerprint density at radius 3 is 2.50 bits per heavy atom. The molecule has 0 bridgehead atoms. The van der Waals surface area contributed by atoms with Gasteiger partial charge in [0.1, 0.15) is 0 Å². The van der Waals surface area contributed by atoms with Crippen molar-refractivity contribution in [2.75, 3.05) is 0 Å². The second-order valence-electron chi connectivity index (χ2n) is 3.30. The number of pyridine rings is 1. The maximum atomic E-state index is 4.29. The van der Waals surface area contributed by atoms with E-state index >= 15 is 0 Å². The molecule has 0 saturated carbocycles. The number of aromatic nitrogens is 3. The standard InChI is InChI=1S/C11H10BrN3S/c1-8-4-14-11(15-5-8)16-7-10-3-2-9(12)6-13-10/h2-6H,7H2,1H3. The first-order chi connectivity index (χ1) is 7.74. The van der Waals surface area contributed by atoms with Crippen molar-refractivity contribution in [2.45, 2.75) is 17.8 Å². The number of thioether (sulfide) groups is 1. The molecule has 0 aliphatic rings. The lowest BCUT2D eigenvalue weighted by atomic mass is 10.4. The lowest BCUT2D eigenvalue weighted by Crippen LogP contribution is -1.89. The SMILES string of the molecule is Cc1cnc(SCc2ccc(Br)cn2)nc1. The molecular formula is C11H10BrN3S. The van der Waals surface area contributed by atoms with E-state index in [-0.39, 0.29) is 0 Å². The summed E-state index contributed by atoms with van der Waals surface area (Å²) in [5.74, 6) is 0.788. The largest absolute Gasteiger partial charge is 0.259 e. The summed E-state index contributed by atoms with van der Waals surface area (Å²) in [5, 5.41) is 0.787. The van der Waals surface area contributed by atoms with Crippen LogP contribution in [-0.2, 0) is 5.75 Å². The summed E-state index contributed by atoms with van der Waals surface area (Å²) in [7, 11) is 0. The Labute approximate surface area is 107 Å². The van der Waals surface area contributed by atoms with E-state index in [1.165, 1.54) is 0 Å². The van der Waals surface area contributed by atoms with Gasteiger partial charge in [0.05, 0.1) is 5.69 Å². The van der Waals surface area contributed by atoms with Crippen molar-refractivity contribution < 1.29 is 0 Å². The van der Waals surface area contributed by atoms with Crippen LogP contribution >= 0.6 is 27.7 Å². The highest BCUT2D eigenvalue weighted by molar-refractivity contribution is 9.10. The molecule has 2 rings (SSSR count). The number of nitrogens with zero attached hydrogens (tertiary/aromatic N) is 3. The van der Waals surface area contributed by atoms with E-state index in [1.54, 1.807) is 18.0 Å². The van der Waals surface area contributed by atoms with Crippen LogP contribution in [0, 0.1) is 6.92 Å². The quantitative estimate of drug-likeness (QED) is 0.644. The van der Waals surface area contributed by atoms with Crippen molar-refractivity contribution in [1.82, 2.24) is 15.0 Å². The average molecular weight is 296 g/mol. The van der Waals surface area contributed by atoms with Crippen molar-refractivity contribution >= 4 is 27.7 Å². The molecule has 5 heteroatoms. The number of aryl methyl sites for hydroxylation is 1. The van der Waals surface area contributed by atoms with Gasteiger partial charge in [-0.15, -0.1) is 0 Å². The van der Waals surface area contributed by atoms with E-state index in [1.807, 2.05) is 31.5 Å². The number of hydrogen-bond donors (Lipinski definition) is 0. The Morgan fingerprint density at radius 2 is 1.88 bits per heavy atom. The molecule has 0 N–H and O–H groups in total. The Kier molecular flexibility index (Phi) is 3.90. The molecule has 3 nitrogen and oxygen atoms in total. The highest BCUT2D eigenvalue weighted by atomic mass is 79.9. The van der Waals surface area contributed by atoms with Crippen LogP contribution in [0.4, 0.5) is 0 Å². The summed E-state index contributed by atoms with van der Waals surface area (Å²) >= 11 is 4.94. The van der Waals surface area contributed by atoms with E-state index in [4.69, 9.17) is 0 Å². The molecule has 2 aromatic rings. The van der Waals surface area contributed by atoms with Gasteiger partial charge in [-0.3, -0.25) is 4.98 Å². The van der Waals surface area contributed by atoms with E-state index in [0.717, 1.165) is 26.6 Å². The molecule has 0 unspecified atom stereocenters. The second-order valence-corrected chi connectivity index (χ2v) is 5.16. The summed E-state index contributed by atoms with van der Waals surface area (Å²) in [4.78, 5) is 12.7. The minimum atomic E-state index is 0.787. The summed E-state index contributed by atoms with van der Waals surface area (Å²) in [6.07, 6.45) is 5.45. The van der Waals surface area contributed by atoms with Gasteiger partial charge in [0.15, 0.2) is 5.16 Å². The Balaban J connectivity index is 1.97. The molecule has 82 valence electrons. The summed E-state index contributed by atoms with van der Waals surface area (Å²) in [6, 6.07) is 3.98. The summed E-state index contributed by atoms with van der Waals surface area (Å²) in [6.45, 7) is 1.98. The molecule has 16 heavy (non-hydrogen) atoms. The third-order valence-corrected chi connectivity index (χ3v) is 3.27. The van der Waals surface area contributed by atoms with Crippen LogP contribution < -0.4 is 0 Å². The van der Waals surface area contributed by atoms with Gasteiger partial charge in [-0.05, 0) is 40.5 Å². The molecule has 0 spiro atoms. The number of halogens is 1. The topological polar surface area (TPSA) is 38.7 Å². The molecule has 0 saturated heterocycles. The molecule has 0 radical (unpaired) electrons. The van der Waals surface area contributed by atoms with Crippen molar-refractivity contribution in [2.24, 2.45) is 0 Å². The van der Waals surface area contributed by atoms with Gasteiger partial charge in [0, 0.05) is 28.8 Å². The second kappa shape index (κ2) is 5.41. The average Bonchev–Trinajstić information content (AvgIpc) is 2.30. The first-order valence-electron chi connectivity index (χ1n) is 4.76. The highest BCUT2D eigenvalue weighted by Crippen LogP contribution is 2.18. The molecule has 2 heterocycles. The third-order valence-electron chi connectivity index (χ3n) is 1.90. The lowest BCUT2D eigenvalue weighted by Gasteiger charge is -2.00. The lowest BCUT2D eigenvalue weighted by molar-refractivity contribution is 0.948. The maximum absolute atomic E-state index is 4.29. The van der Waals surface area contributed by atoms with Crippen molar-refractivity contribution in [3.63, 3.8) is 0 Å². The molecule has 0 amide bonds. The molecule has 0 aliphatic heterocycles. The van der Waals surface area contributed by atoms with Crippen LogP contribution in [0.3, 0.4) is 0 Å². The zero-order valence-electron chi connectivity index (χ0n) is 8.72. The van der Waals surface area contributed by atoms with Crippen molar-refractivity contribution in [3.8, 4) is 0 Å². The zero-order valence-corrected chi connectivity index (χ0v) is 11.1. The Bertz CT molecular complexity index is 410. The normalized spacial score (nSPS) is 10.4. The predicted molar refractivity (Wildman–Crippen MR) is 68.3 cm³/mol. The zero-order chi connectivity index (χ0) is 11.4. The first kappa shape index (κ1) is 11.5. The monoisotopic (exact) mass is 295 g/mol. The van der Waals surface area contributed by atoms with Crippen LogP contribution in [0.15, 0.2) is 40.4 Å². The van der Waals surface area contributed by atoms with E-state index in [0.29, 0.717) is 0 Å². The van der Waals surface area contributed by atoms with Gasteiger partial charge in [-0.25, -0.2) is 9.97 Å². The molecule has 0 atom stereocenters. The van der Waals surface area contributed by atoms with E-state index < -0.39 is 0 Å². The van der Waals surface area contributed by atoms with Crippen molar-refractivity contribution in [3.05, 3.63) is 46.5 Å². The van der Waals surface area contributed by atoms with Gasteiger partial charge in [-0.1, -0.05) is 11.8 Å². The molecule has 0 aromatic carbocycles. The highest BCUT2D eigenvalue weighted by Gasteiger charge is 1.99. The number of rotatable bonds is 3. The summed E-state index contributed by atoms with van der Waals surface area (Å²) < 4.78 is 0.993. The van der Waals surface area contributed by atoms with E-state index in [2.05, 4.69) is 30.9 Å². The van der Waals surface area contributed by atoms with E-state index in [9.17, 15) is 0 Å². The smallest absolute Gasteiger partial charge is 0.187 e. The van der Waals surface area contributed by atoms with Gasteiger partial charge < -0.3 is 0 Å². The molecular weight excluding hydrogens is 286 g/mol. The fraction of sp³-hybridized carbons (Fsp3) is 0.182. The predicted octanol–water partition coefficient (Wildman–Crippen LogP) is 3.23. The third kappa shape index (κ3) is 3.28. The molecule has 2 aromatic heterocycles. The Hall–Kier alpha value is -0.940. The maximum Gasteiger partial charge on any atom is 0.187 e. The van der Waals surface area contributed by atoms with Crippen molar-refractivity contribution in [1.29, 1.82) is 0 Å². The molecule has 0 aliphatic carbocycles. The first-order valence-corrected chi connectivity index (χ1v) is 6.54. The van der Waals surface area contributed by atoms with Gasteiger partial charge in [-0.2, -0.15) is 0 Å². The fourth-order valence-corrected chi connectivity index (χ4v) is 2.02. The summed E-state index contributed by atoms with van der Waals surface area (Å²) in [5.41, 5.74) is 2.10. The van der Waals surface area contributed by atoms with Gasteiger partial charge >= 0.3 is 0 Å². The molecule has 0 fully saturated rings. The van der Waals surface area contributed by atoms with Crippen LogP contribution in [0.25, 0.3) is 0 Å². The minimum Gasteiger partial charge on any atom is -0.259 e. The Morgan fingerprint density at radius 1 is 1.12 bits per heavy atom.